The Hall–Kier alpha value is -3.34. The van der Waals surface area contributed by atoms with Gasteiger partial charge in [-0.25, -0.2) is 0 Å². The van der Waals surface area contributed by atoms with Crippen molar-refractivity contribution < 1.29 is 9.47 Å². The van der Waals surface area contributed by atoms with Gasteiger partial charge in [-0.05, 0) is 61.3 Å². The summed E-state index contributed by atoms with van der Waals surface area (Å²) in [5.41, 5.74) is 5.46. The zero-order valence-corrected chi connectivity index (χ0v) is 19.2. The predicted molar refractivity (Wildman–Crippen MR) is 129 cm³/mol. The van der Waals surface area contributed by atoms with E-state index in [0.717, 1.165) is 67.0 Å². The number of nitrogens with one attached hydrogen (secondary N) is 1. The summed E-state index contributed by atoms with van der Waals surface area (Å²) in [6, 6.07) is 12.1. The molecular formula is C27H29N5O2. The topological polar surface area (TPSA) is 93.0 Å². The van der Waals surface area contributed by atoms with Crippen LogP contribution in [0, 0.1) is 11.3 Å². The maximum Gasteiger partial charge on any atom is 0.137 e. The standard InChI is InChI=1S/C27H29N5O2/c28-16-22-13-20(1-2-27(22)34-25-6-11-33-12-7-25)21-5-10-31-23(14-21)15-24-17-30-18-26(32-24)19-3-8-29-9-4-19/h1-2,5,10,13-14,17-19,25,29H,3-4,6-9,11-12,15H2. The Kier molecular flexibility index (Phi) is 7.08. The number of ether oxygens (including phenoxy) is 2. The third kappa shape index (κ3) is 5.41. The van der Waals surface area contributed by atoms with Crippen molar-refractivity contribution in [2.45, 2.75) is 44.1 Å². The Balaban J connectivity index is 1.32. The lowest BCUT2D eigenvalue weighted by atomic mass is 9.95. The fourth-order valence-corrected chi connectivity index (χ4v) is 4.64. The zero-order valence-electron chi connectivity index (χ0n) is 19.2. The number of benzene rings is 1. The van der Waals surface area contributed by atoms with Gasteiger partial charge >= 0.3 is 0 Å². The van der Waals surface area contributed by atoms with E-state index >= 15 is 0 Å². The summed E-state index contributed by atoms with van der Waals surface area (Å²) in [6.07, 6.45) is 10.2. The van der Waals surface area contributed by atoms with Crippen molar-refractivity contribution in [2.24, 2.45) is 0 Å². The van der Waals surface area contributed by atoms with Gasteiger partial charge in [0, 0.05) is 49.5 Å². The van der Waals surface area contributed by atoms with E-state index in [9.17, 15) is 5.26 Å². The van der Waals surface area contributed by atoms with E-state index in [4.69, 9.17) is 14.5 Å². The van der Waals surface area contributed by atoms with Crippen LogP contribution in [0.5, 0.6) is 5.75 Å². The second-order valence-corrected chi connectivity index (χ2v) is 8.92. The molecule has 1 aromatic carbocycles. The van der Waals surface area contributed by atoms with Crippen LogP contribution in [-0.4, -0.2) is 47.4 Å². The SMILES string of the molecule is N#Cc1cc(-c2ccnc(Cc3cncc(C4CCNCC4)n3)c2)ccc1OC1CCOCC1. The van der Waals surface area contributed by atoms with E-state index in [1.165, 1.54) is 0 Å². The van der Waals surface area contributed by atoms with Gasteiger partial charge in [0.25, 0.3) is 0 Å². The molecule has 0 aliphatic carbocycles. The molecule has 2 fully saturated rings. The molecule has 0 spiro atoms. The summed E-state index contributed by atoms with van der Waals surface area (Å²) in [6.45, 7) is 3.47. The molecule has 174 valence electrons. The molecule has 7 nitrogen and oxygen atoms in total. The molecule has 0 radical (unpaired) electrons. The number of piperidine rings is 1. The first-order chi connectivity index (χ1) is 16.8. The fraction of sp³-hybridized carbons (Fsp3) is 0.407. The molecule has 3 aromatic rings. The number of aromatic nitrogens is 3. The van der Waals surface area contributed by atoms with Crippen molar-refractivity contribution >= 4 is 0 Å². The average Bonchev–Trinajstić information content (AvgIpc) is 2.90. The first kappa shape index (κ1) is 22.5. The predicted octanol–water partition coefficient (Wildman–Crippen LogP) is 4.03. The molecule has 0 amide bonds. The maximum absolute atomic E-state index is 9.72. The highest BCUT2D eigenvalue weighted by Gasteiger charge is 2.19. The van der Waals surface area contributed by atoms with Crippen molar-refractivity contribution in [1.82, 2.24) is 20.3 Å². The number of hydrogen-bond donors (Lipinski definition) is 1. The van der Waals surface area contributed by atoms with E-state index < -0.39 is 0 Å². The molecule has 0 bridgehead atoms. The Bertz CT molecular complexity index is 1160. The van der Waals surface area contributed by atoms with Crippen LogP contribution in [0.1, 0.15) is 54.2 Å². The molecule has 5 rings (SSSR count). The molecule has 1 N–H and O–H groups in total. The smallest absolute Gasteiger partial charge is 0.137 e. The third-order valence-electron chi connectivity index (χ3n) is 6.53. The Morgan fingerprint density at radius 2 is 1.82 bits per heavy atom. The Morgan fingerprint density at radius 3 is 2.65 bits per heavy atom. The monoisotopic (exact) mass is 455 g/mol. The van der Waals surface area contributed by atoms with E-state index in [-0.39, 0.29) is 6.10 Å². The number of nitrogens with zero attached hydrogens (tertiary/aromatic N) is 4. The van der Waals surface area contributed by atoms with Crippen molar-refractivity contribution in [2.75, 3.05) is 26.3 Å². The van der Waals surface area contributed by atoms with Gasteiger partial charge in [-0.3, -0.25) is 15.0 Å². The number of nitriles is 1. The lowest BCUT2D eigenvalue weighted by Gasteiger charge is -2.23. The highest BCUT2D eigenvalue weighted by Crippen LogP contribution is 2.29. The van der Waals surface area contributed by atoms with Gasteiger partial charge in [-0.1, -0.05) is 6.07 Å². The van der Waals surface area contributed by atoms with E-state index in [1.54, 1.807) is 0 Å². The summed E-state index contributed by atoms with van der Waals surface area (Å²) in [5.74, 6) is 1.11. The summed E-state index contributed by atoms with van der Waals surface area (Å²) in [5, 5.41) is 13.1. The average molecular weight is 456 g/mol. The summed E-state index contributed by atoms with van der Waals surface area (Å²) in [4.78, 5) is 13.9. The molecule has 2 aromatic heterocycles. The molecule has 4 heterocycles. The zero-order chi connectivity index (χ0) is 23.2. The molecule has 0 saturated carbocycles. The molecule has 7 heteroatoms. The van der Waals surface area contributed by atoms with Gasteiger partial charge in [0.15, 0.2) is 0 Å². The largest absolute Gasteiger partial charge is 0.489 e. The lowest BCUT2D eigenvalue weighted by Crippen LogP contribution is -2.27. The van der Waals surface area contributed by atoms with Gasteiger partial charge in [-0.2, -0.15) is 5.26 Å². The van der Waals surface area contributed by atoms with Gasteiger partial charge in [0.2, 0.25) is 0 Å². The number of pyridine rings is 1. The molecule has 0 unspecified atom stereocenters. The molecular weight excluding hydrogens is 426 g/mol. The van der Waals surface area contributed by atoms with E-state index in [1.807, 2.05) is 42.9 Å². The van der Waals surface area contributed by atoms with Gasteiger partial charge in [0.05, 0.1) is 30.2 Å². The summed E-state index contributed by atoms with van der Waals surface area (Å²) < 4.78 is 11.5. The van der Waals surface area contributed by atoms with Crippen LogP contribution in [0.2, 0.25) is 0 Å². The highest BCUT2D eigenvalue weighted by atomic mass is 16.5. The van der Waals surface area contributed by atoms with Crippen LogP contribution in [0.25, 0.3) is 11.1 Å². The quantitative estimate of drug-likeness (QED) is 0.600. The van der Waals surface area contributed by atoms with Crippen LogP contribution in [0.3, 0.4) is 0 Å². The Labute approximate surface area is 200 Å². The third-order valence-corrected chi connectivity index (χ3v) is 6.53. The Morgan fingerprint density at radius 1 is 1.00 bits per heavy atom. The van der Waals surface area contributed by atoms with Gasteiger partial charge in [0.1, 0.15) is 17.9 Å². The minimum atomic E-state index is 0.0981. The lowest BCUT2D eigenvalue weighted by molar-refractivity contribution is 0.0254. The molecule has 0 atom stereocenters. The minimum Gasteiger partial charge on any atom is -0.489 e. The fourth-order valence-electron chi connectivity index (χ4n) is 4.64. The van der Waals surface area contributed by atoms with Gasteiger partial charge in [-0.15, -0.1) is 0 Å². The van der Waals surface area contributed by atoms with Gasteiger partial charge < -0.3 is 14.8 Å². The van der Waals surface area contributed by atoms with Crippen LogP contribution in [0.4, 0.5) is 0 Å². The van der Waals surface area contributed by atoms with Crippen molar-refractivity contribution in [3.8, 4) is 22.9 Å². The normalized spacial score (nSPS) is 17.3. The summed E-state index contributed by atoms with van der Waals surface area (Å²) in [7, 11) is 0. The van der Waals surface area contributed by atoms with E-state index in [2.05, 4.69) is 27.4 Å². The first-order valence-corrected chi connectivity index (χ1v) is 12.0. The molecule has 2 saturated heterocycles. The first-order valence-electron chi connectivity index (χ1n) is 12.0. The van der Waals surface area contributed by atoms with Crippen LogP contribution in [0.15, 0.2) is 48.9 Å². The van der Waals surface area contributed by atoms with E-state index in [0.29, 0.717) is 36.9 Å². The minimum absolute atomic E-state index is 0.0981. The molecule has 34 heavy (non-hydrogen) atoms. The second kappa shape index (κ2) is 10.7. The summed E-state index contributed by atoms with van der Waals surface area (Å²) >= 11 is 0. The van der Waals surface area contributed by atoms with Crippen LogP contribution < -0.4 is 10.1 Å². The van der Waals surface area contributed by atoms with Crippen LogP contribution >= 0.6 is 0 Å². The second-order valence-electron chi connectivity index (χ2n) is 8.92. The maximum atomic E-state index is 9.72. The van der Waals surface area contributed by atoms with Crippen molar-refractivity contribution in [3.05, 3.63) is 71.6 Å². The van der Waals surface area contributed by atoms with Crippen molar-refractivity contribution in [1.29, 1.82) is 5.26 Å². The number of hydrogen-bond acceptors (Lipinski definition) is 7. The van der Waals surface area contributed by atoms with Crippen molar-refractivity contribution in [3.63, 3.8) is 0 Å². The molecule has 2 aliphatic rings. The number of rotatable bonds is 6. The van der Waals surface area contributed by atoms with Crippen LogP contribution in [-0.2, 0) is 11.2 Å². The molecule has 2 aliphatic heterocycles. The highest BCUT2D eigenvalue weighted by molar-refractivity contribution is 5.67.